The van der Waals surface area contributed by atoms with Gasteiger partial charge in [-0.15, -0.1) is 0 Å². The molecule has 0 aliphatic heterocycles. The van der Waals surface area contributed by atoms with Crippen LogP contribution in [-0.2, 0) is 6.54 Å². The quantitative estimate of drug-likeness (QED) is 0.527. The van der Waals surface area contributed by atoms with Crippen molar-refractivity contribution in [1.29, 1.82) is 0 Å². The SMILES string of the molecule is COc1cc2[nH]nc(-c3cccc(F)c3)c2cc1CNC(=O)c1cccc(F)c1. The molecule has 0 fully saturated rings. The number of nitrogens with zero attached hydrogens (tertiary/aromatic N) is 1. The summed E-state index contributed by atoms with van der Waals surface area (Å²) in [4.78, 5) is 12.3. The molecule has 0 saturated heterocycles. The van der Waals surface area contributed by atoms with Crippen molar-refractivity contribution >= 4 is 16.8 Å². The first-order valence-corrected chi connectivity index (χ1v) is 8.90. The first-order chi connectivity index (χ1) is 14.0. The molecule has 146 valence electrons. The van der Waals surface area contributed by atoms with E-state index in [1.54, 1.807) is 18.2 Å². The van der Waals surface area contributed by atoms with Gasteiger partial charge in [0.1, 0.15) is 23.1 Å². The Kier molecular flexibility index (Phi) is 4.95. The molecule has 4 aromatic rings. The summed E-state index contributed by atoms with van der Waals surface area (Å²) in [6.45, 7) is 0.169. The van der Waals surface area contributed by atoms with Crippen LogP contribution in [0, 0.1) is 11.6 Å². The number of carbonyl (C=O) groups is 1. The van der Waals surface area contributed by atoms with E-state index in [4.69, 9.17) is 4.74 Å². The molecule has 1 heterocycles. The number of ether oxygens (including phenoxy) is 1. The van der Waals surface area contributed by atoms with Crippen LogP contribution in [0.4, 0.5) is 8.78 Å². The predicted octanol–water partition coefficient (Wildman–Crippen LogP) is 4.45. The molecule has 0 bridgehead atoms. The van der Waals surface area contributed by atoms with Crippen LogP contribution in [0.3, 0.4) is 0 Å². The van der Waals surface area contributed by atoms with Crippen LogP contribution in [-0.4, -0.2) is 23.2 Å². The van der Waals surface area contributed by atoms with Crippen LogP contribution in [0.5, 0.6) is 5.75 Å². The van der Waals surface area contributed by atoms with E-state index in [2.05, 4.69) is 15.5 Å². The van der Waals surface area contributed by atoms with Gasteiger partial charge in [-0.1, -0.05) is 18.2 Å². The number of hydrogen-bond donors (Lipinski definition) is 2. The molecule has 0 saturated carbocycles. The third-order valence-electron chi connectivity index (χ3n) is 4.59. The van der Waals surface area contributed by atoms with Crippen LogP contribution in [0.15, 0.2) is 60.7 Å². The third kappa shape index (κ3) is 3.80. The Hall–Kier alpha value is -3.74. The van der Waals surface area contributed by atoms with Crippen LogP contribution < -0.4 is 10.1 Å². The van der Waals surface area contributed by atoms with Crippen molar-refractivity contribution < 1.29 is 18.3 Å². The van der Waals surface area contributed by atoms with E-state index >= 15 is 0 Å². The first kappa shape index (κ1) is 18.6. The van der Waals surface area contributed by atoms with E-state index in [-0.39, 0.29) is 17.9 Å². The van der Waals surface area contributed by atoms with E-state index in [0.717, 1.165) is 10.9 Å². The fourth-order valence-corrected chi connectivity index (χ4v) is 3.18. The average Bonchev–Trinajstić information content (AvgIpc) is 3.14. The van der Waals surface area contributed by atoms with Gasteiger partial charge < -0.3 is 10.1 Å². The Morgan fingerprint density at radius 2 is 1.83 bits per heavy atom. The summed E-state index contributed by atoms with van der Waals surface area (Å²) in [5.41, 5.74) is 2.90. The van der Waals surface area contributed by atoms with Gasteiger partial charge >= 0.3 is 0 Å². The van der Waals surface area contributed by atoms with Gasteiger partial charge in [0.2, 0.25) is 0 Å². The first-order valence-electron chi connectivity index (χ1n) is 8.90. The van der Waals surface area contributed by atoms with Gasteiger partial charge in [0.05, 0.1) is 12.6 Å². The fraction of sp³-hybridized carbons (Fsp3) is 0.0909. The van der Waals surface area contributed by atoms with Crippen molar-refractivity contribution in [3.8, 4) is 17.0 Å². The number of aromatic amines is 1. The highest BCUT2D eigenvalue weighted by Gasteiger charge is 2.14. The second kappa shape index (κ2) is 7.71. The van der Waals surface area contributed by atoms with Crippen molar-refractivity contribution in [3.63, 3.8) is 0 Å². The maximum Gasteiger partial charge on any atom is 0.251 e. The lowest BCUT2D eigenvalue weighted by atomic mass is 10.0. The van der Waals surface area contributed by atoms with Gasteiger partial charge in [-0.3, -0.25) is 9.89 Å². The number of H-pyrrole nitrogens is 1. The van der Waals surface area contributed by atoms with Gasteiger partial charge in [0.15, 0.2) is 0 Å². The Morgan fingerprint density at radius 3 is 2.55 bits per heavy atom. The highest BCUT2D eigenvalue weighted by molar-refractivity contribution is 5.95. The zero-order chi connectivity index (χ0) is 20.4. The average molecular weight is 393 g/mol. The van der Waals surface area contributed by atoms with Crippen LogP contribution >= 0.6 is 0 Å². The summed E-state index contributed by atoms with van der Waals surface area (Å²) in [5.74, 6) is -0.666. The number of benzene rings is 3. The summed E-state index contributed by atoms with van der Waals surface area (Å²) in [5, 5.41) is 10.8. The van der Waals surface area contributed by atoms with Gasteiger partial charge in [0, 0.05) is 34.7 Å². The Balaban J connectivity index is 1.66. The molecule has 0 aliphatic carbocycles. The molecule has 5 nitrogen and oxygen atoms in total. The van der Waals surface area contributed by atoms with E-state index in [1.807, 2.05) is 6.07 Å². The minimum absolute atomic E-state index is 0.169. The molecule has 7 heteroatoms. The molecule has 3 aromatic carbocycles. The van der Waals surface area contributed by atoms with E-state index < -0.39 is 11.7 Å². The number of carbonyl (C=O) groups excluding carboxylic acids is 1. The molecule has 29 heavy (non-hydrogen) atoms. The Labute approximate surface area is 165 Å². The maximum atomic E-state index is 13.6. The molecular weight excluding hydrogens is 376 g/mol. The topological polar surface area (TPSA) is 67.0 Å². The smallest absolute Gasteiger partial charge is 0.251 e. The fourth-order valence-electron chi connectivity index (χ4n) is 3.18. The minimum atomic E-state index is -0.477. The van der Waals surface area contributed by atoms with Crippen molar-refractivity contribution in [3.05, 3.63) is 83.4 Å². The highest BCUT2D eigenvalue weighted by atomic mass is 19.1. The molecule has 0 atom stereocenters. The van der Waals surface area contributed by atoms with Crippen molar-refractivity contribution in [2.45, 2.75) is 6.54 Å². The molecule has 0 aliphatic rings. The molecule has 1 aromatic heterocycles. The summed E-state index contributed by atoms with van der Waals surface area (Å²) >= 11 is 0. The summed E-state index contributed by atoms with van der Waals surface area (Å²) in [6, 6.07) is 15.3. The van der Waals surface area contributed by atoms with E-state index in [9.17, 15) is 13.6 Å². The molecule has 4 rings (SSSR count). The van der Waals surface area contributed by atoms with Crippen LogP contribution in [0.1, 0.15) is 15.9 Å². The number of amides is 1. The number of nitrogens with one attached hydrogen (secondary N) is 2. The zero-order valence-electron chi connectivity index (χ0n) is 15.5. The van der Waals surface area contributed by atoms with Gasteiger partial charge in [-0.2, -0.15) is 5.10 Å². The standard InChI is InChI=1S/C22H17F2N3O2/c1-29-20-11-19-18(21(27-26-19)13-4-2-6-16(23)8-13)10-15(20)12-25-22(28)14-5-3-7-17(24)9-14/h2-11H,12H2,1H3,(H,25,28)(H,26,27). The Bertz CT molecular complexity index is 1200. The van der Waals surface area contributed by atoms with Gasteiger partial charge in [-0.25, -0.2) is 8.78 Å². The number of halogens is 2. The number of fused-ring (bicyclic) bond motifs is 1. The van der Waals surface area contributed by atoms with Gasteiger partial charge in [0.25, 0.3) is 5.91 Å². The molecule has 0 unspecified atom stereocenters. The Morgan fingerprint density at radius 1 is 1.07 bits per heavy atom. The predicted molar refractivity (Wildman–Crippen MR) is 106 cm³/mol. The lowest BCUT2D eigenvalue weighted by Gasteiger charge is -2.11. The molecule has 2 N–H and O–H groups in total. The van der Waals surface area contributed by atoms with Crippen molar-refractivity contribution in [1.82, 2.24) is 15.5 Å². The maximum absolute atomic E-state index is 13.6. The highest BCUT2D eigenvalue weighted by Crippen LogP contribution is 2.31. The minimum Gasteiger partial charge on any atom is -0.496 e. The lowest BCUT2D eigenvalue weighted by Crippen LogP contribution is -2.23. The molecule has 0 spiro atoms. The van der Waals surface area contributed by atoms with Crippen LogP contribution in [0.25, 0.3) is 22.2 Å². The van der Waals surface area contributed by atoms with E-state index in [1.165, 1.54) is 43.5 Å². The zero-order valence-corrected chi connectivity index (χ0v) is 15.5. The van der Waals surface area contributed by atoms with E-state index in [0.29, 0.717) is 22.6 Å². The lowest BCUT2D eigenvalue weighted by molar-refractivity contribution is 0.0950. The number of hydrogen-bond acceptors (Lipinski definition) is 3. The monoisotopic (exact) mass is 393 g/mol. The number of methoxy groups -OCH3 is 1. The normalized spacial score (nSPS) is 10.9. The van der Waals surface area contributed by atoms with Crippen LogP contribution in [0.2, 0.25) is 0 Å². The second-order valence-electron chi connectivity index (χ2n) is 6.49. The molecule has 1 amide bonds. The number of rotatable bonds is 5. The van der Waals surface area contributed by atoms with Gasteiger partial charge in [-0.05, 0) is 36.4 Å². The second-order valence-corrected chi connectivity index (χ2v) is 6.49. The number of aromatic nitrogens is 2. The van der Waals surface area contributed by atoms with Crippen molar-refractivity contribution in [2.24, 2.45) is 0 Å². The molecule has 0 radical (unpaired) electrons. The molecular formula is C22H17F2N3O2. The summed E-state index contributed by atoms with van der Waals surface area (Å²) in [6.07, 6.45) is 0. The largest absolute Gasteiger partial charge is 0.496 e. The van der Waals surface area contributed by atoms with Crippen molar-refractivity contribution in [2.75, 3.05) is 7.11 Å². The summed E-state index contributed by atoms with van der Waals surface area (Å²) in [7, 11) is 1.53. The summed E-state index contributed by atoms with van der Waals surface area (Å²) < 4.78 is 32.4. The third-order valence-corrected chi connectivity index (χ3v) is 4.59.